The van der Waals surface area contributed by atoms with E-state index in [0.717, 1.165) is 0 Å². The Kier molecular flexibility index (Phi) is 3.91. The van der Waals surface area contributed by atoms with Crippen molar-refractivity contribution in [3.63, 3.8) is 0 Å². The third kappa shape index (κ3) is 3.71. The number of hydrogen-bond donors (Lipinski definition) is 1. The van der Waals surface area contributed by atoms with Gasteiger partial charge in [-0.3, -0.25) is 4.79 Å². The number of nitrogens with one attached hydrogen (secondary N) is 1. The molecule has 0 aliphatic carbocycles. The molecule has 0 saturated carbocycles. The molecule has 1 atom stereocenters. The van der Waals surface area contributed by atoms with Crippen molar-refractivity contribution in [1.82, 2.24) is 5.32 Å². The third-order valence-corrected chi connectivity index (χ3v) is 4.77. The lowest BCUT2D eigenvalue weighted by Gasteiger charge is -2.07. The van der Waals surface area contributed by atoms with Gasteiger partial charge in [0.1, 0.15) is 5.76 Å². The largest absolute Gasteiger partial charge is 0.450 e. The minimum Gasteiger partial charge on any atom is -0.450 e. The molecule has 2 heterocycles. The summed E-state index contributed by atoms with van der Waals surface area (Å²) in [6.07, 6.45) is 3.34. The second-order valence-corrected chi connectivity index (χ2v) is 7.09. The fourth-order valence-electron chi connectivity index (χ4n) is 1.73. The van der Waals surface area contributed by atoms with Crippen LogP contribution < -0.4 is 5.32 Å². The van der Waals surface area contributed by atoms with Gasteiger partial charge in [0.05, 0.1) is 11.5 Å². The van der Waals surface area contributed by atoms with E-state index in [2.05, 4.69) is 21.2 Å². The molecule has 1 aromatic rings. The Balaban J connectivity index is 1.88. The van der Waals surface area contributed by atoms with Gasteiger partial charge in [-0.25, -0.2) is 8.42 Å². The van der Waals surface area contributed by atoms with Gasteiger partial charge in [0, 0.05) is 12.1 Å². The first-order chi connectivity index (χ1) is 8.44. The molecule has 0 radical (unpaired) electrons. The van der Waals surface area contributed by atoms with Crippen molar-refractivity contribution in [2.45, 2.75) is 12.5 Å². The SMILES string of the molecule is O=C(/C=C/c1ccc(Br)o1)NC1CCS(=O)(=O)C1. The molecule has 0 aromatic carbocycles. The van der Waals surface area contributed by atoms with Crippen LogP contribution in [0.2, 0.25) is 0 Å². The normalized spacial score (nSPS) is 22.4. The van der Waals surface area contributed by atoms with Crippen molar-refractivity contribution < 1.29 is 17.6 Å². The molecule has 1 fully saturated rings. The Morgan fingerprint density at radius 1 is 1.50 bits per heavy atom. The van der Waals surface area contributed by atoms with E-state index in [4.69, 9.17) is 4.42 Å². The maximum absolute atomic E-state index is 11.5. The molecule has 2 rings (SSSR count). The van der Waals surface area contributed by atoms with Crippen LogP contribution in [0, 0.1) is 0 Å². The first-order valence-electron chi connectivity index (χ1n) is 5.39. The average Bonchev–Trinajstić information content (AvgIpc) is 2.82. The number of hydrogen-bond acceptors (Lipinski definition) is 4. The molecule has 1 aliphatic heterocycles. The summed E-state index contributed by atoms with van der Waals surface area (Å²) < 4.78 is 28.2. The van der Waals surface area contributed by atoms with Crippen LogP contribution >= 0.6 is 15.9 Å². The lowest BCUT2D eigenvalue weighted by atomic mass is 10.2. The van der Waals surface area contributed by atoms with E-state index in [1.54, 1.807) is 12.1 Å². The molecule has 1 aromatic heterocycles. The maximum Gasteiger partial charge on any atom is 0.244 e. The van der Waals surface area contributed by atoms with E-state index in [-0.39, 0.29) is 23.5 Å². The topological polar surface area (TPSA) is 76.4 Å². The Morgan fingerprint density at radius 3 is 2.83 bits per heavy atom. The summed E-state index contributed by atoms with van der Waals surface area (Å²) in [5.41, 5.74) is 0. The molecular formula is C11H12BrNO4S. The van der Waals surface area contributed by atoms with Crippen LogP contribution in [0.4, 0.5) is 0 Å². The predicted octanol–water partition coefficient (Wildman–Crippen LogP) is 1.36. The summed E-state index contributed by atoms with van der Waals surface area (Å²) in [5, 5.41) is 2.65. The number of amides is 1. The Labute approximate surface area is 113 Å². The van der Waals surface area contributed by atoms with Gasteiger partial charge in [0.2, 0.25) is 5.91 Å². The molecule has 98 valence electrons. The number of rotatable bonds is 3. The average molecular weight is 334 g/mol. The first kappa shape index (κ1) is 13.4. The molecule has 1 saturated heterocycles. The van der Waals surface area contributed by atoms with Gasteiger partial charge in [0.15, 0.2) is 14.5 Å². The first-order valence-corrected chi connectivity index (χ1v) is 8.00. The molecule has 5 nitrogen and oxygen atoms in total. The predicted molar refractivity (Wildman–Crippen MR) is 70.6 cm³/mol. The summed E-state index contributed by atoms with van der Waals surface area (Å²) in [7, 11) is -2.97. The lowest BCUT2D eigenvalue weighted by Crippen LogP contribution is -2.34. The van der Waals surface area contributed by atoms with Crippen molar-refractivity contribution >= 4 is 37.8 Å². The van der Waals surface area contributed by atoms with Gasteiger partial charge < -0.3 is 9.73 Å². The Hall–Kier alpha value is -1.08. The van der Waals surface area contributed by atoms with Gasteiger partial charge in [-0.2, -0.15) is 0 Å². The standard InChI is InChI=1S/C11H12BrNO4S/c12-10-3-1-9(17-10)2-4-11(14)13-8-5-6-18(15,16)7-8/h1-4,8H,5-7H2,(H,13,14)/b4-2+. The van der Waals surface area contributed by atoms with E-state index in [9.17, 15) is 13.2 Å². The highest BCUT2D eigenvalue weighted by Gasteiger charge is 2.28. The number of carbonyl (C=O) groups is 1. The molecule has 18 heavy (non-hydrogen) atoms. The highest BCUT2D eigenvalue weighted by Crippen LogP contribution is 2.15. The van der Waals surface area contributed by atoms with Gasteiger partial charge >= 0.3 is 0 Å². The van der Waals surface area contributed by atoms with Crippen molar-refractivity contribution in [3.05, 3.63) is 28.6 Å². The minimum atomic E-state index is -2.97. The Bertz CT molecular complexity index is 576. The zero-order valence-electron chi connectivity index (χ0n) is 9.43. The summed E-state index contributed by atoms with van der Waals surface area (Å²) in [5.74, 6) is 0.409. The molecule has 1 unspecified atom stereocenters. The molecular weight excluding hydrogens is 322 g/mol. The summed E-state index contributed by atoms with van der Waals surface area (Å²) in [6, 6.07) is 3.16. The molecule has 1 aliphatic rings. The van der Waals surface area contributed by atoms with Crippen LogP contribution in [0.5, 0.6) is 0 Å². The minimum absolute atomic E-state index is 0.0267. The zero-order valence-corrected chi connectivity index (χ0v) is 11.8. The second-order valence-electron chi connectivity index (χ2n) is 4.08. The molecule has 0 spiro atoms. The van der Waals surface area contributed by atoms with Gasteiger partial charge in [-0.1, -0.05) is 0 Å². The van der Waals surface area contributed by atoms with Crippen molar-refractivity contribution in [1.29, 1.82) is 0 Å². The van der Waals surface area contributed by atoms with Crippen LogP contribution in [-0.2, 0) is 14.6 Å². The van der Waals surface area contributed by atoms with E-state index in [0.29, 0.717) is 16.9 Å². The number of carbonyl (C=O) groups excluding carboxylic acids is 1. The monoisotopic (exact) mass is 333 g/mol. The van der Waals surface area contributed by atoms with Crippen molar-refractivity contribution in [2.24, 2.45) is 0 Å². The fourth-order valence-corrected chi connectivity index (χ4v) is 3.73. The van der Waals surface area contributed by atoms with E-state index >= 15 is 0 Å². The Morgan fingerprint density at radius 2 is 2.28 bits per heavy atom. The lowest BCUT2D eigenvalue weighted by molar-refractivity contribution is -0.116. The van der Waals surface area contributed by atoms with Crippen LogP contribution in [0.25, 0.3) is 6.08 Å². The van der Waals surface area contributed by atoms with E-state index in [1.165, 1.54) is 12.2 Å². The smallest absolute Gasteiger partial charge is 0.244 e. The van der Waals surface area contributed by atoms with E-state index < -0.39 is 9.84 Å². The molecule has 1 amide bonds. The van der Waals surface area contributed by atoms with Crippen LogP contribution in [0.1, 0.15) is 12.2 Å². The van der Waals surface area contributed by atoms with E-state index in [1.807, 2.05) is 0 Å². The van der Waals surface area contributed by atoms with Crippen molar-refractivity contribution in [2.75, 3.05) is 11.5 Å². The van der Waals surface area contributed by atoms with Crippen LogP contribution in [0.3, 0.4) is 0 Å². The van der Waals surface area contributed by atoms with Crippen LogP contribution in [0.15, 0.2) is 27.3 Å². The zero-order chi connectivity index (χ0) is 13.2. The highest BCUT2D eigenvalue weighted by atomic mass is 79.9. The number of sulfone groups is 1. The molecule has 1 N–H and O–H groups in total. The number of halogens is 1. The third-order valence-electron chi connectivity index (χ3n) is 2.57. The second kappa shape index (κ2) is 5.27. The molecule has 7 heteroatoms. The summed E-state index contributed by atoms with van der Waals surface area (Å²) >= 11 is 3.15. The molecule has 0 bridgehead atoms. The van der Waals surface area contributed by atoms with Crippen LogP contribution in [-0.4, -0.2) is 31.9 Å². The maximum atomic E-state index is 11.5. The summed E-state index contributed by atoms with van der Waals surface area (Å²) in [6.45, 7) is 0. The number of furan rings is 1. The highest BCUT2D eigenvalue weighted by molar-refractivity contribution is 9.10. The van der Waals surface area contributed by atoms with Crippen molar-refractivity contribution in [3.8, 4) is 0 Å². The van der Waals surface area contributed by atoms with Gasteiger partial charge in [-0.15, -0.1) is 0 Å². The van der Waals surface area contributed by atoms with Gasteiger partial charge in [0.25, 0.3) is 0 Å². The summed E-state index contributed by atoms with van der Waals surface area (Å²) in [4.78, 5) is 11.5. The quantitative estimate of drug-likeness (QED) is 0.847. The van der Waals surface area contributed by atoms with Gasteiger partial charge in [-0.05, 0) is 40.6 Å². The fraction of sp³-hybridized carbons (Fsp3) is 0.364.